The Hall–Kier alpha value is -2.03. The monoisotopic (exact) mass is 421 g/mol. The normalized spacial score (nSPS) is 12.1. The first-order valence-corrected chi connectivity index (χ1v) is 10.0. The molecule has 0 unspecified atom stereocenters. The summed E-state index contributed by atoms with van der Waals surface area (Å²) in [5.41, 5.74) is 7.68. The molecule has 0 fully saturated rings. The van der Waals surface area contributed by atoms with Gasteiger partial charge in [-0.05, 0) is 44.0 Å². The number of imidazole rings is 1. The SMILES string of the molecule is Cc1cc(Cl)cc(Cn2c(=O)c3c(ncn3C)n(C)c2=O)c1SC(C)(C)CN. The molecule has 0 radical (unpaired) electrons. The lowest BCUT2D eigenvalue weighted by Crippen LogP contribution is -2.40. The maximum Gasteiger partial charge on any atom is 0.332 e. The molecule has 1 aromatic carbocycles. The second kappa shape index (κ2) is 7.42. The third kappa shape index (κ3) is 3.64. The Balaban J connectivity index is 2.21. The molecule has 0 spiro atoms. The Kier molecular flexibility index (Phi) is 5.49. The van der Waals surface area contributed by atoms with Crippen molar-refractivity contribution in [3.63, 3.8) is 0 Å². The van der Waals surface area contributed by atoms with Gasteiger partial charge in [0, 0.05) is 35.3 Å². The van der Waals surface area contributed by atoms with Gasteiger partial charge in [0.05, 0.1) is 12.9 Å². The number of aromatic nitrogens is 4. The smallest absolute Gasteiger partial charge is 0.329 e. The van der Waals surface area contributed by atoms with Crippen molar-refractivity contribution in [1.29, 1.82) is 0 Å². The summed E-state index contributed by atoms with van der Waals surface area (Å²) in [4.78, 5) is 31.0. The molecule has 3 aromatic rings. The summed E-state index contributed by atoms with van der Waals surface area (Å²) in [5.74, 6) is 0. The van der Waals surface area contributed by atoms with Crippen LogP contribution in [-0.2, 0) is 20.6 Å². The summed E-state index contributed by atoms with van der Waals surface area (Å²) in [5, 5.41) is 0.564. The van der Waals surface area contributed by atoms with E-state index in [1.807, 2.05) is 19.1 Å². The largest absolute Gasteiger partial charge is 0.332 e. The Bertz CT molecular complexity index is 1180. The lowest BCUT2D eigenvalue weighted by molar-refractivity contribution is 0.648. The van der Waals surface area contributed by atoms with Crippen molar-refractivity contribution in [3.05, 3.63) is 55.4 Å². The van der Waals surface area contributed by atoms with E-state index in [0.717, 1.165) is 16.0 Å². The maximum atomic E-state index is 13.0. The van der Waals surface area contributed by atoms with E-state index in [4.69, 9.17) is 17.3 Å². The predicted octanol–water partition coefficient (Wildman–Crippen LogP) is 2.27. The minimum Gasteiger partial charge on any atom is -0.329 e. The molecule has 2 heterocycles. The zero-order chi connectivity index (χ0) is 20.8. The van der Waals surface area contributed by atoms with Crippen molar-refractivity contribution in [1.82, 2.24) is 18.7 Å². The van der Waals surface area contributed by atoms with E-state index in [2.05, 4.69) is 18.8 Å². The van der Waals surface area contributed by atoms with Crippen LogP contribution in [0, 0.1) is 6.92 Å². The number of halogens is 1. The number of benzene rings is 1. The van der Waals surface area contributed by atoms with Crippen molar-refractivity contribution in [2.24, 2.45) is 19.8 Å². The average Bonchev–Trinajstić information content (AvgIpc) is 3.01. The van der Waals surface area contributed by atoms with Crippen LogP contribution in [0.3, 0.4) is 0 Å². The van der Waals surface area contributed by atoms with Crippen LogP contribution in [0.1, 0.15) is 25.0 Å². The van der Waals surface area contributed by atoms with Crippen molar-refractivity contribution in [2.75, 3.05) is 6.54 Å². The molecular formula is C19H24ClN5O2S. The fourth-order valence-electron chi connectivity index (χ4n) is 3.09. The Morgan fingerprint density at radius 2 is 1.93 bits per heavy atom. The van der Waals surface area contributed by atoms with Crippen LogP contribution < -0.4 is 17.0 Å². The number of aryl methyl sites for hydroxylation is 3. The van der Waals surface area contributed by atoms with E-state index in [1.165, 1.54) is 15.5 Å². The van der Waals surface area contributed by atoms with Gasteiger partial charge in [0.1, 0.15) is 0 Å². The molecule has 7 nitrogen and oxygen atoms in total. The predicted molar refractivity (Wildman–Crippen MR) is 114 cm³/mol. The van der Waals surface area contributed by atoms with E-state index in [0.29, 0.717) is 22.7 Å². The van der Waals surface area contributed by atoms with Crippen LogP contribution in [-0.4, -0.2) is 30.0 Å². The lowest BCUT2D eigenvalue weighted by atomic mass is 10.1. The number of hydrogen-bond donors (Lipinski definition) is 1. The summed E-state index contributed by atoms with van der Waals surface area (Å²) in [6.45, 7) is 6.69. The molecular weight excluding hydrogens is 398 g/mol. The summed E-state index contributed by atoms with van der Waals surface area (Å²) in [6.07, 6.45) is 1.53. The quantitative estimate of drug-likeness (QED) is 0.638. The second-order valence-electron chi connectivity index (χ2n) is 7.54. The molecule has 0 aliphatic carbocycles. The van der Waals surface area contributed by atoms with Crippen LogP contribution in [0.25, 0.3) is 11.2 Å². The number of hydrogen-bond acceptors (Lipinski definition) is 5. The summed E-state index contributed by atoms with van der Waals surface area (Å²) in [7, 11) is 3.35. The van der Waals surface area contributed by atoms with Crippen LogP contribution in [0.2, 0.25) is 5.02 Å². The lowest BCUT2D eigenvalue weighted by Gasteiger charge is -2.25. The fourth-order valence-corrected chi connectivity index (χ4v) is 4.49. The van der Waals surface area contributed by atoms with E-state index < -0.39 is 5.69 Å². The highest BCUT2D eigenvalue weighted by atomic mass is 35.5. The van der Waals surface area contributed by atoms with Gasteiger partial charge < -0.3 is 10.3 Å². The number of thioether (sulfide) groups is 1. The standard InChI is InChI=1S/C19H24ClN5O2S/c1-11-6-13(20)7-12(15(11)28-19(2,3)9-21)8-25-17(26)14-16(22-10-23(14)4)24(5)18(25)27/h6-7,10H,8-9,21H2,1-5H3. The van der Waals surface area contributed by atoms with Crippen molar-refractivity contribution in [3.8, 4) is 0 Å². The highest BCUT2D eigenvalue weighted by Gasteiger charge is 2.22. The van der Waals surface area contributed by atoms with Gasteiger partial charge in [-0.2, -0.15) is 0 Å². The van der Waals surface area contributed by atoms with Crippen molar-refractivity contribution in [2.45, 2.75) is 37.0 Å². The third-order valence-corrected chi connectivity index (χ3v) is 6.44. The van der Waals surface area contributed by atoms with Crippen LogP contribution >= 0.6 is 23.4 Å². The van der Waals surface area contributed by atoms with Gasteiger partial charge in [0.15, 0.2) is 11.2 Å². The number of rotatable bonds is 5. The van der Waals surface area contributed by atoms with E-state index in [1.54, 1.807) is 30.4 Å². The zero-order valence-corrected chi connectivity index (χ0v) is 18.2. The number of fused-ring (bicyclic) bond motifs is 1. The highest BCUT2D eigenvalue weighted by molar-refractivity contribution is 8.00. The van der Waals surface area contributed by atoms with Crippen LogP contribution in [0.5, 0.6) is 0 Å². The summed E-state index contributed by atoms with van der Waals surface area (Å²) in [6, 6.07) is 3.69. The molecule has 0 amide bonds. The molecule has 0 bridgehead atoms. The maximum absolute atomic E-state index is 13.0. The first kappa shape index (κ1) is 20.7. The van der Waals surface area contributed by atoms with Crippen molar-refractivity contribution < 1.29 is 0 Å². The molecule has 2 aromatic heterocycles. The topological polar surface area (TPSA) is 87.8 Å². The number of nitrogens with zero attached hydrogens (tertiary/aromatic N) is 4. The number of nitrogens with two attached hydrogens (primary N) is 1. The molecule has 0 atom stereocenters. The Morgan fingerprint density at radius 1 is 1.25 bits per heavy atom. The van der Waals surface area contributed by atoms with Gasteiger partial charge in [0.2, 0.25) is 0 Å². The molecule has 3 rings (SSSR count). The Labute approximate surface area is 172 Å². The highest BCUT2D eigenvalue weighted by Crippen LogP contribution is 2.37. The van der Waals surface area contributed by atoms with Gasteiger partial charge in [0.25, 0.3) is 5.56 Å². The van der Waals surface area contributed by atoms with Gasteiger partial charge in [-0.15, -0.1) is 11.8 Å². The molecule has 0 aliphatic heterocycles. The molecule has 150 valence electrons. The first-order chi connectivity index (χ1) is 13.1. The Morgan fingerprint density at radius 3 is 2.57 bits per heavy atom. The van der Waals surface area contributed by atoms with E-state index in [-0.39, 0.29) is 16.9 Å². The molecule has 0 saturated heterocycles. The third-order valence-electron chi connectivity index (χ3n) is 4.72. The minimum atomic E-state index is -0.414. The summed E-state index contributed by atoms with van der Waals surface area (Å²) < 4.78 is 4.05. The summed E-state index contributed by atoms with van der Waals surface area (Å²) >= 11 is 7.91. The van der Waals surface area contributed by atoms with Gasteiger partial charge in [-0.3, -0.25) is 13.9 Å². The molecule has 0 saturated carbocycles. The molecule has 9 heteroatoms. The first-order valence-electron chi connectivity index (χ1n) is 8.84. The fraction of sp³-hybridized carbons (Fsp3) is 0.421. The minimum absolute atomic E-state index is 0.122. The average molecular weight is 422 g/mol. The van der Waals surface area contributed by atoms with E-state index >= 15 is 0 Å². The van der Waals surface area contributed by atoms with Crippen molar-refractivity contribution >= 4 is 34.5 Å². The van der Waals surface area contributed by atoms with Gasteiger partial charge >= 0.3 is 5.69 Å². The molecule has 28 heavy (non-hydrogen) atoms. The van der Waals surface area contributed by atoms with Crippen LogP contribution in [0.4, 0.5) is 0 Å². The zero-order valence-electron chi connectivity index (χ0n) is 16.6. The van der Waals surface area contributed by atoms with Gasteiger partial charge in [-0.25, -0.2) is 9.78 Å². The van der Waals surface area contributed by atoms with Crippen LogP contribution in [0.15, 0.2) is 32.9 Å². The molecule has 2 N–H and O–H groups in total. The van der Waals surface area contributed by atoms with Gasteiger partial charge in [-0.1, -0.05) is 11.6 Å². The second-order valence-corrected chi connectivity index (χ2v) is 9.69. The molecule has 0 aliphatic rings. The van der Waals surface area contributed by atoms with E-state index in [9.17, 15) is 9.59 Å².